The molecule has 0 aromatic heterocycles. The number of carbonyl (C=O) groups excluding carboxylic acids is 1. The maximum absolute atomic E-state index is 11.1. The SMILES string of the molecule is COc1ccc(Cl)cc1COC(=O)NCC#N. The molecule has 0 aliphatic heterocycles. The predicted octanol–water partition coefficient (Wildman–Crippen LogP) is 2.10. The minimum absolute atomic E-state index is 0.0288. The summed E-state index contributed by atoms with van der Waals surface area (Å²) >= 11 is 5.82. The fourth-order valence-electron chi connectivity index (χ4n) is 1.17. The summed E-state index contributed by atoms with van der Waals surface area (Å²) in [5, 5.41) is 11.0. The number of rotatable bonds is 4. The van der Waals surface area contributed by atoms with Crippen molar-refractivity contribution < 1.29 is 14.3 Å². The first-order valence-corrected chi connectivity index (χ1v) is 5.15. The van der Waals surface area contributed by atoms with Gasteiger partial charge in [-0.3, -0.25) is 0 Å². The molecular weight excluding hydrogens is 244 g/mol. The van der Waals surface area contributed by atoms with Crippen LogP contribution in [-0.2, 0) is 11.3 Å². The second-order valence-electron chi connectivity index (χ2n) is 3.04. The standard InChI is InChI=1S/C11H11ClN2O3/c1-16-10-3-2-9(12)6-8(10)7-17-11(15)14-5-4-13/h2-3,6H,5,7H2,1H3,(H,14,15). The first-order chi connectivity index (χ1) is 8.17. The van der Waals surface area contributed by atoms with Gasteiger partial charge >= 0.3 is 6.09 Å². The van der Waals surface area contributed by atoms with E-state index in [1.807, 2.05) is 0 Å². The lowest BCUT2D eigenvalue weighted by molar-refractivity contribution is 0.140. The van der Waals surface area contributed by atoms with Crippen molar-refractivity contribution in [3.8, 4) is 11.8 Å². The third kappa shape index (κ3) is 4.21. The lowest BCUT2D eigenvalue weighted by Crippen LogP contribution is -2.24. The highest BCUT2D eigenvalue weighted by Gasteiger charge is 2.07. The molecule has 0 bridgehead atoms. The van der Waals surface area contributed by atoms with E-state index < -0.39 is 6.09 Å². The second-order valence-corrected chi connectivity index (χ2v) is 3.48. The Bertz CT molecular complexity index is 443. The zero-order chi connectivity index (χ0) is 12.7. The van der Waals surface area contributed by atoms with Crippen molar-refractivity contribution in [2.45, 2.75) is 6.61 Å². The van der Waals surface area contributed by atoms with Crippen LogP contribution in [0.25, 0.3) is 0 Å². The lowest BCUT2D eigenvalue weighted by atomic mass is 10.2. The molecule has 1 amide bonds. The Balaban J connectivity index is 2.59. The maximum Gasteiger partial charge on any atom is 0.408 e. The van der Waals surface area contributed by atoms with E-state index in [1.165, 1.54) is 7.11 Å². The molecule has 0 atom stereocenters. The van der Waals surface area contributed by atoms with Gasteiger partial charge in [0.1, 0.15) is 18.9 Å². The molecule has 90 valence electrons. The van der Waals surface area contributed by atoms with Gasteiger partial charge in [-0.2, -0.15) is 5.26 Å². The van der Waals surface area contributed by atoms with Crippen molar-refractivity contribution in [3.63, 3.8) is 0 Å². The topological polar surface area (TPSA) is 71.3 Å². The minimum atomic E-state index is -0.659. The second kappa shape index (κ2) is 6.61. The number of benzene rings is 1. The molecule has 6 heteroatoms. The number of ether oxygens (including phenoxy) is 2. The minimum Gasteiger partial charge on any atom is -0.496 e. The van der Waals surface area contributed by atoms with E-state index >= 15 is 0 Å². The number of carbonyl (C=O) groups is 1. The average Bonchev–Trinajstić information content (AvgIpc) is 2.34. The molecular formula is C11H11ClN2O3. The van der Waals surface area contributed by atoms with Gasteiger partial charge in [0.15, 0.2) is 0 Å². The van der Waals surface area contributed by atoms with Crippen molar-refractivity contribution in [2.24, 2.45) is 0 Å². The summed E-state index contributed by atoms with van der Waals surface area (Å²) in [5.74, 6) is 0.586. The highest BCUT2D eigenvalue weighted by molar-refractivity contribution is 6.30. The van der Waals surface area contributed by atoms with Gasteiger partial charge in [0.05, 0.1) is 13.2 Å². The van der Waals surface area contributed by atoms with Crippen LogP contribution in [0.2, 0.25) is 5.02 Å². The molecule has 5 nitrogen and oxygen atoms in total. The van der Waals surface area contributed by atoms with Gasteiger partial charge in [0.2, 0.25) is 0 Å². The van der Waals surface area contributed by atoms with Gasteiger partial charge in [-0.05, 0) is 18.2 Å². The van der Waals surface area contributed by atoms with Gasteiger partial charge in [0, 0.05) is 10.6 Å². The van der Waals surface area contributed by atoms with Gasteiger partial charge in [-0.1, -0.05) is 11.6 Å². The molecule has 0 saturated heterocycles. The van der Waals surface area contributed by atoms with Crippen LogP contribution in [-0.4, -0.2) is 19.7 Å². The van der Waals surface area contributed by atoms with Gasteiger partial charge < -0.3 is 14.8 Å². The number of methoxy groups -OCH3 is 1. The number of hydrogen-bond acceptors (Lipinski definition) is 4. The fourth-order valence-corrected chi connectivity index (χ4v) is 1.36. The summed E-state index contributed by atoms with van der Waals surface area (Å²) in [4.78, 5) is 11.1. The van der Waals surface area contributed by atoms with Crippen molar-refractivity contribution >= 4 is 17.7 Å². The van der Waals surface area contributed by atoms with Crippen LogP contribution >= 0.6 is 11.6 Å². The molecule has 0 spiro atoms. The van der Waals surface area contributed by atoms with E-state index in [9.17, 15) is 4.79 Å². The molecule has 0 aliphatic carbocycles. The number of nitrogens with one attached hydrogen (secondary N) is 1. The highest BCUT2D eigenvalue weighted by atomic mass is 35.5. The van der Waals surface area contributed by atoms with E-state index in [2.05, 4.69) is 5.32 Å². The lowest BCUT2D eigenvalue weighted by Gasteiger charge is -2.09. The Labute approximate surface area is 104 Å². The zero-order valence-electron chi connectivity index (χ0n) is 9.20. The van der Waals surface area contributed by atoms with Crippen molar-refractivity contribution in [2.75, 3.05) is 13.7 Å². The largest absolute Gasteiger partial charge is 0.496 e. The Morgan fingerprint density at radius 2 is 2.35 bits per heavy atom. The number of nitrogens with zero attached hydrogens (tertiary/aromatic N) is 1. The van der Waals surface area contributed by atoms with Crippen LogP contribution < -0.4 is 10.1 Å². The van der Waals surface area contributed by atoms with Crippen LogP contribution in [0.3, 0.4) is 0 Å². The monoisotopic (exact) mass is 254 g/mol. The van der Waals surface area contributed by atoms with E-state index in [1.54, 1.807) is 24.3 Å². The predicted molar refractivity (Wildman–Crippen MR) is 61.8 cm³/mol. The van der Waals surface area contributed by atoms with E-state index in [-0.39, 0.29) is 13.2 Å². The van der Waals surface area contributed by atoms with Crippen molar-refractivity contribution in [1.82, 2.24) is 5.32 Å². The summed E-state index contributed by atoms with van der Waals surface area (Å²) in [6, 6.07) is 6.79. The molecule has 17 heavy (non-hydrogen) atoms. The van der Waals surface area contributed by atoms with Crippen LogP contribution in [0.4, 0.5) is 4.79 Å². The fraction of sp³-hybridized carbons (Fsp3) is 0.273. The van der Waals surface area contributed by atoms with Gasteiger partial charge in [-0.25, -0.2) is 4.79 Å². The van der Waals surface area contributed by atoms with Gasteiger partial charge in [0.25, 0.3) is 0 Å². The normalized spacial score (nSPS) is 9.24. The molecule has 0 saturated carbocycles. The Hall–Kier alpha value is -1.93. The molecule has 0 fully saturated rings. The number of amides is 1. The summed E-state index contributed by atoms with van der Waals surface area (Å²) < 4.78 is 9.98. The summed E-state index contributed by atoms with van der Waals surface area (Å²) in [5.41, 5.74) is 0.659. The number of nitriles is 1. The maximum atomic E-state index is 11.1. The molecule has 1 aromatic rings. The average molecular weight is 255 g/mol. The molecule has 0 aliphatic rings. The third-order valence-corrected chi connectivity index (χ3v) is 2.15. The number of halogens is 1. The Morgan fingerprint density at radius 1 is 1.59 bits per heavy atom. The van der Waals surface area contributed by atoms with Gasteiger partial charge in [-0.15, -0.1) is 0 Å². The molecule has 1 aromatic carbocycles. The van der Waals surface area contributed by atoms with E-state index in [0.29, 0.717) is 16.3 Å². The third-order valence-electron chi connectivity index (χ3n) is 1.91. The van der Waals surface area contributed by atoms with Crippen LogP contribution in [0.15, 0.2) is 18.2 Å². The smallest absolute Gasteiger partial charge is 0.408 e. The molecule has 0 heterocycles. The van der Waals surface area contributed by atoms with Crippen LogP contribution in [0, 0.1) is 11.3 Å². The van der Waals surface area contributed by atoms with Crippen LogP contribution in [0.1, 0.15) is 5.56 Å². The Morgan fingerprint density at radius 3 is 3.00 bits per heavy atom. The first kappa shape index (κ1) is 13.1. The molecule has 1 rings (SSSR count). The molecule has 0 radical (unpaired) electrons. The Kier molecular flexibility index (Phi) is 5.11. The molecule has 1 N–H and O–H groups in total. The number of hydrogen-bond donors (Lipinski definition) is 1. The summed E-state index contributed by atoms with van der Waals surface area (Å²) in [7, 11) is 1.52. The zero-order valence-corrected chi connectivity index (χ0v) is 9.95. The first-order valence-electron chi connectivity index (χ1n) is 4.77. The molecule has 0 unspecified atom stereocenters. The van der Waals surface area contributed by atoms with Crippen molar-refractivity contribution in [3.05, 3.63) is 28.8 Å². The van der Waals surface area contributed by atoms with Crippen molar-refractivity contribution in [1.29, 1.82) is 5.26 Å². The van der Waals surface area contributed by atoms with E-state index in [0.717, 1.165) is 0 Å². The van der Waals surface area contributed by atoms with E-state index in [4.69, 9.17) is 26.3 Å². The summed E-state index contributed by atoms with van der Waals surface area (Å²) in [6.07, 6.45) is -0.659. The highest BCUT2D eigenvalue weighted by Crippen LogP contribution is 2.23. The quantitative estimate of drug-likeness (QED) is 0.836. The van der Waals surface area contributed by atoms with Crippen LogP contribution in [0.5, 0.6) is 5.75 Å². The number of alkyl carbamates (subject to hydrolysis) is 1. The summed E-state index contributed by atoms with van der Waals surface area (Å²) in [6.45, 7) is -0.0630.